The molecule has 0 bridgehead atoms. The molecule has 100 valence electrons. The maximum atomic E-state index is 9.80. The number of benzene rings is 2. The Hall–Kier alpha value is -1.03. The summed E-state index contributed by atoms with van der Waals surface area (Å²) in [7, 11) is 0. The normalized spacial score (nSPS) is 12.4. The highest BCUT2D eigenvalue weighted by atomic mass is 79.9. The quantitative estimate of drug-likeness (QED) is 0.848. The first-order chi connectivity index (χ1) is 9.09. The second-order valence-electron chi connectivity index (χ2n) is 4.36. The van der Waals surface area contributed by atoms with E-state index in [0.717, 1.165) is 10.0 Å². The fraction of sp³-hybridized carbons (Fsp3) is 0.200. The van der Waals surface area contributed by atoms with E-state index < -0.39 is 0 Å². The first-order valence-electron chi connectivity index (χ1n) is 6.03. The maximum Gasteiger partial charge on any atom is 0.121 e. The average molecular weight is 341 g/mol. The highest BCUT2D eigenvalue weighted by Crippen LogP contribution is 2.27. The lowest BCUT2D eigenvalue weighted by Crippen LogP contribution is -2.18. The summed E-state index contributed by atoms with van der Waals surface area (Å²) in [6, 6.07) is 13.4. The molecule has 1 unspecified atom stereocenters. The molecule has 0 aliphatic rings. The minimum absolute atomic E-state index is 0.159. The van der Waals surface area contributed by atoms with Crippen molar-refractivity contribution in [1.29, 1.82) is 0 Å². The van der Waals surface area contributed by atoms with Gasteiger partial charge in [0.2, 0.25) is 0 Å². The first kappa shape index (κ1) is 14.4. The zero-order valence-corrected chi connectivity index (χ0v) is 12.9. The zero-order valence-electron chi connectivity index (χ0n) is 10.5. The molecular formula is C15H15BrClNO. The standard InChI is InChI=1S/C15H15BrClNO/c1-10(11-5-2-3-6-13(11)16)18-9-12-14(17)7-4-8-15(12)19/h2-8,10,18-19H,9H2,1H3. The van der Waals surface area contributed by atoms with E-state index in [2.05, 4.69) is 34.2 Å². The van der Waals surface area contributed by atoms with Gasteiger partial charge < -0.3 is 10.4 Å². The van der Waals surface area contributed by atoms with E-state index >= 15 is 0 Å². The number of phenolic OH excluding ortho intramolecular Hbond substituents is 1. The molecule has 0 saturated carbocycles. The molecule has 2 rings (SSSR count). The summed E-state index contributed by atoms with van der Waals surface area (Å²) in [5.74, 6) is 0.222. The van der Waals surface area contributed by atoms with Crippen LogP contribution in [0.2, 0.25) is 5.02 Å². The number of phenols is 1. The lowest BCUT2D eigenvalue weighted by molar-refractivity contribution is 0.460. The lowest BCUT2D eigenvalue weighted by Gasteiger charge is -2.17. The van der Waals surface area contributed by atoms with Crippen LogP contribution in [-0.4, -0.2) is 5.11 Å². The van der Waals surface area contributed by atoms with E-state index in [1.54, 1.807) is 18.2 Å². The topological polar surface area (TPSA) is 32.3 Å². The Morgan fingerprint density at radius 3 is 2.63 bits per heavy atom. The summed E-state index contributed by atoms with van der Waals surface area (Å²) in [6.45, 7) is 2.60. The van der Waals surface area contributed by atoms with Gasteiger partial charge in [-0.25, -0.2) is 0 Å². The van der Waals surface area contributed by atoms with Crippen LogP contribution in [0.15, 0.2) is 46.9 Å². The molecule has 2 nitrogen and oxygen atoms in total. The summed E-state index contributed by atoms with van der Waals surface area (Å²) in [6.07, 6.45) is 0. The zero-order chi connectivity index (χ0) is 13.8. The average Bonchev–Trinajstić information content (AvgIpc) is 2.38. The van der Waals surface area contributed by atoms with Crippen LogP contribution >= 0.6 is 27.5 Å². The third kappa shape index (κ3) is 3.50. The van der Waals surface area contributed by atoms with Crippen molar-refractivity contribution in [2.24, 2.45) is 0 Å². The van der Waals surface area contributed by atoms with Gasteiger partial charge in [0.25, 0.3) is 0 Å². The van der Waals surface area contributed by atoms with Gasteiger partial charge in [0.1, 0.15) is 5.75 Å². The molecule has 0 spiro atoms. The minimum atomic E-state index is 0.159. The molecule has 2 aromatic carbocycles. The predicted molar refractivity (Wildman–Crippen MR) is 82.5 cm³/mol. The van der Waals surface area contributed by atoms with E-state index in [1.807, 2.05) is 18.2 Å². The Morgan fingerprint density at radius 1 is 1.21 bits per heavy atom. The molecule has 0 aliphatic carbocycles. The third-order valence-electron chi connectivity index (χ3n) is 3.05. The first-order valence-corrected chi connectivity index (χ1v) is 7.21. The molecule has 0 aliphatic heterocycles. The van der Waals surface area contributed by atoms with Crippen LogP contribution in [0, 0.1) is 0 Å². The van der Waals surface area contributed by atoms with Gasteiger partial charge in [0.05, 0.1) is 0 Å². The number of hydrogen-bond acceptors (Lipinski definition) is 2. The smallest absolute Gasteiger partial charge is 0.121 e. The van der Waals surface area contributed by atoms with Crippen LogP contribution in [0.4, 0.5) is 0 Å². The molecule has 4 heteroatoms. The SMILES string of the molecule is CC(NCc1c(O)cccc1Cl)c1ccccc1Br. The van der Waals surface area contributed by atoms with Gasteiger partial charge in [-0.3, -0.25) is 0 Å². The monoisotopic (exact) mass is 339 g/mol. The summed E-state index contributed by atoms with van der Waals surface area (Å²) < 4.78 is 1.07. The van der Waals surface area contributed by atoms with Gasteiger partial charge in [0, 0.05) is 27.6 Å². The van der Waals surface area contributed by atoms with Gasteiger partial charge >= 0.3 is 0 Å². The van der Waals surface area contributed by atoms with Crippen molar-refractivity contribution in [3.05, 3.63) is 63.1 Å². The highest BCUT2D eigenvalue weighted by Gasteiger charge is 2.11. The number of nitrogens with one attached hydrogen (secondary N) is 1. The van der Waals surface area contributed by atoms with Crippen LogP contribution in [0.5, 0.6) is 5.75 Å². The Balaban J connectivity index is 2.09. The van der Waals surface area contributed by atoms with E-state index in [9.17, 15) is 5.11 Å². The molecule has 2 aromatic rings. The van der Waals surface area contributed by atoms with Gasteiger partial charge in [-0.15, -0.1) is 0 Å². The fourth-order valence-electron chi connectivity index (χ4n) is 1.91. The molecule has 1 atom stereocenters. The molecular weight excluding hydrogens is 326 g/mol. The fourth-order valence-corrected chi connectivity index (χ4v) is 2.78. The maximum absolute atomic E-state index is 9.80. The van der Waals surface area contributed by atoms with Crippen molar-refractivity contribution < 1.29 is 5.11 Å². The molecule has 0 radical (unpaired) electrons. The Labute approximate surface area is 126 Å². The highest BCUT2D eigenvalue weighted by molar-refractivity contribution is 9.10. The summed E-state index contributed by atoms with van der Waals surface area (Å²) >= 11 is 9.62. The van der Waals surface area contributed by atoms with Crippen LogP contribution in [0.3, 0.4) is 0 Å². The lowest BCUT2D eigenvalue weighted by atomic mass is 10.1. The molecule has 0 aromatic heterocycles. The van der Waals surface area contributed by atoms with Crippen LogP contribution in [0.25, 0.3) is 0 Å². The Morgan fingerprint density at radius 2 is 1.95 bits per heavy atom. The minimum Gasteiger partial charge on any atom is -0.508 e. The molecule has 2 N–H and O–H groups in total. The van der Waals surface area contributed by atoms with Crippen molar-refractivity contribution in [3.8, 4) is 5.75 Å². The third-order valence-corrected chi connectivity index (χ3v) is 4.13. The molecule has 0 heterocycles. The van der Waals surface area contributed by atoms with E-state index in [4.69, 9.17) is 11.6 Å². The van der Waals surface area contributed by atoms with Crippen molar-refractivity contribution in [1.82, 2.24) is 5.32 Å². The number of hydrogen-bond donors (Lipinski definition) is 2. The van der Waals surface area contributed by atoms with Crippen molar-refractivity contribution in [3.63, 3.8) is 0 Å². The van der Waals surface area contributed by atoms with Gasteiger partial charge in [0.15, 0.2) is 0 Å². The van der Waals surface area contributed by atoms with Crippen LogP contribution < -0.4 is 5.32 Å². The Kier molecular flexibility index (Phi) is 4.86. The molecule has 19 heavy (non-hydrogen) atoms. The van der Waals surface area contributed by atoms with E-state index in [-0.39, 0.29) is 11.8 Å². The largest absolute Gasteiger partial charge is 0.508 e. The van der Waals surface area contributed by atoms with Crippen molar-refractivity contribution in [2.45, 2.75) is 19.5 Å². The van der Waals surface area contributed by atoms with Crippen LogP contribution in [-0.2, 0) is 6.54 Å². The van der Waals surface area contributed by atoms with E-state index in [1.165, 1.54) is 5.56 Å². The summed E-state index contributed by atoms with van der Waals surface area (Å²) in [4.78, 5) is 0. The number of rotatable bonds is 4. The second kappa shape index (κ2) is 6.42. The van der Waals surface area contributed by atoms with Gasteiger partial charge in [-0.1, -0.05) is 51.8 Å². The van der Waals surface area contributed by atoms with Gasteiger partial charge in [-0.05, 0) is 30.7 Å². The second-order valence-corrected chi connectivity index (χ2v) is 5.62. The number of aromatic hydroxyl groups is 1. The van der Waals surface area contributed by atoms with Gasteiger partial charge in [-0.2, -0.15) is 0 Å². The number of halogens is 2. The van der Waals surface area contributed by atoms with Crippen LogP contribution in [0.1, 0.15) is 24.1 Å². The summed E-state index contributed by atoms with van der Waals surface area (Å²) in [5.41, 5.74) is 1.90. The Bertz CT molecular complexity index is 554. The van der Waals surface area contributed by atoms with Crippen molar-refractivity contribution >= 4 is 27.5 Å². The molecule has 0 saturated heterocycles. The summed E-state index contributed by atoms with van der Waals surface area (Å²) in [5, 5.41) is 13.7. The molecule has 0 fully saturated rings. The predicted octanol–water partition coefficient (Wildman–Crippen LogP) is 4.66. The van der Waals surface area contributed by atoms with Crippen molar-refractivity contribution in [2.75, 3.05) is 0 Å². The molecule has 0 amide bonds. The van der Waals surface area contributed by atoms with E-state index in [0.29, 0.717) is 11.6 Å².